The zero-order valence-corrected chi connectivity index (χ0v) is 15.8. The van der Waals surface area contributed by atoms with Crippen LogP contribution in [0.1, 0.15) is 32.3 Å². The van der Waals surface area contributed by atoms with E-state index in [1.165, 1.54) is 12.1 Å². The molecule has 0 bridgehead atoms. The summed E-state index contributed by atoms with van der Waals surface area (Å²) in [7, 11) is 0. The molecule has 2 aromatic carbocycles. The van der Waals surface area contributed by atoms with Crippen LogP contribution in [-0.2, 0) is 5.41 Å². The van der Waals surface area contributed by atoms with Crippen molar-refractivity contribution >= 4 is 11.6 Å². The minimum atomic E-state index is -0.225. The Bertz CT molecular complexity index is 802. The minimum absolute atomic E-state index is 0.0318. The molecule has 1 aliphatic carbocycles. The number of halogens is 1. The summed E-state index contributed by atoms with van der Waals surface area (Å²) in [6, 6.07) is 12.2. The number of rotatable bonds is 8. The Morgan fingerprint density at radius 1 is 1.11 bits per heavy atom. The molecule has 1 aliphatic rings. The second-order valence-corrected chi connectivity index (χ2v) is 6.64. The lowest BCUT2D eigenvalue weighted by molar-refractivity contribution is 0.332. The average molecular weight is 371 g/mol. The highest BCUT2D eigenvalue weighted by Crippen LogP contribution is 2.48. The Balaban J connectivity index is 1.71. The van der Waals surface area contributed by atoms with Gasteiger partial charge in [0.15, 0.2) is 5.96 Å². The number of hydrogen-bond donors (Lipinski definition) is 2. The largest absolute Gasteiger partial charge is 0.494 e. The summed E-state index contributed by atoms with van der Waals surface area (Å²) in [6.45, 7) is 5.55. The maximum atomic E-state index is 13.2. The predicted molar refractivity (Wildman–Crippen MR) is 106 cm³/mol. The molecular weight excluding hydrogens is 345 g/mol. The van der Waals surface area contributed by atoms with Crippen molar-refractivity contribution in [1.82, 2.24) is 0 Å². The first-order valence-corrected chi connectivity index (χ1v) is 9.29. The summed E-state index contributed by atoms with van der Waals surface area (Å²) < 4.78 is 24.4. The van der Waals surface area contributed by atoms with Crippen molar-refractivity contribution in [3.05, 3.63) is 53.8 Å². The van der Waals surface area contributed by atoms with Crippen LogP contribution >= 0.6 is 0 Å². The second kappa shape index (κ2) is 8.29. The van der Waals surface area contributed by atoms with Crippen LogP contribution in [0, 0.1) is 5.82 Å². The quantitative estimate of drug-likeness (QED) is 0.542. The molecule has 0 radical (unpaired) electrons. The highest BCUT2D eigenvalue weighted by molar-refractivity contribution is 5.94. The van der Waals surface area contributed by atoms with Gasteiger partial charge in [-0.1, -0.05) is 12.1 Å². The van der Waals surface area contributed by atoms with E-state index in [-0.39, 0.29) is 11.2 Å². The number of nitrogens with zero attached hydrogens (tertiary/aromatic N) is 1. The molecule has 0 heterocycles. The Morgan fingerprint density at radius 3 is 2.44 bits per heavy atom. The van der Waals surface area contributed by atoms with Crippen LogP contribution in [0.4, 0.5) is 10.1 Å². The molecule has 0 aliphatic heterocycles. The molecule has 3 N–H and O–H groups in total. The molecule has 3 rings (SSSR count). The van der Waals surface area contributed by atoms with Crippen LogP contribution in [0.25, 0.3) is 0 Å². The van der Waals surface area contributed by atoms with Gasteiger partial charge in [-0.2, -0.15) is 0 Å². The lowest BCUT2D eigenvalue weighted by Crippen LogP contribution is -2.25. The standard InChI is InChI=1S/C21H26FN3O2/c1-3-26-17-9-10-19(27-4-2)18(13-17)25-20(23)24-14-21(11-12-21)15-5-7-16(22)8-6-15/h5-10,13H,3-4,11-12,14H2,1-2H3,(H3,23,24,25). The molecule has 0 spiro atoms. The fourth-order valence-electron chi connectivity index (χ4n) is 3.05. The van der Waals surface area contributed by atoms with Crippen LogP contribution in [-0.4, -0.2) is 25.7 Å². The first kappa shape index (κ1) is 19.0. The number of nitrogens with one attached hydrogen (secondary N) is 1. The van der Waals surface area contributed by atoms with Crippen LogP contribution in [0.2, 0.25) is 0 Å². The molecule has 5 nitrogen and oxygen atoms in total. The third kappa shape index (κ3) is 4.70. The van der Waals surface area contributed by atoms with Gasteiger partial charge >= 0.3 is 0 Å². The molecule has 27 heavy (non-hydrogen) atoms. The Kier molecular flexibility index (Phi) is 5.84. The van der Waals surface area contributed by atoms with E-state index in [0.717, 1.165) is 29.8 Å². The smallest absolute Gasteiger partial charge is 0.193 e. The molecule has 144 valence electrons. The SMILES string of the molecule is CCOc1ccc(OCC)c(NC(N)=NCC2(c3ccc(F)cc3)CC2)c1. The first-order valence-electron chi connectivity index (χ1n) is 9.29. The van der Waals surface area contributed by atoms with Gasteiger partial charge < -0.3 is 20.5 Å². The fourth-order valence-corrected chi connectivity index (χ4v) is 3.05. The summed E-state index contributed by atoms with van der Waals surface area (Å²) >= 11 is 0. The van der Waals surface area contributed by atoms with Gasteiger partial charge in [-0.25, -0.2) is 4.39 Å². The molecule has 6 heteroatoms. The zero-order chi connectivity index (χ0) is 19.3. The maximum Gasteiger partial charge on any atom is 0.193 e. The van der Waals surface area contributed by atoms with Crippen LogP contribution in [0.3, 0.4) is 0 Å². The minimum Gasteiger partial charge on any atom is -0.494 e. The number of hydrogen-bond acceptors (Lipinski definition) is 3. The highest BCUT2D eigenvalue weighted by Gasteiger charge is 2.44. The summed E-state index contributed by atoms with van der Waals surface area (Å²) in [5, 5.41) is 3.12. The van der Waals surface area contributed by atoms with Crippen molar-refractivity contribution in [3.8, 4) is 11.5 Å². The molecule has 0 saturated heterocycles. The zero-order valence-electron chi connectivity index (χ0n) is 15.8. The van der Waals surface area contributed by atoms with Crippen molar-refractivity contribution in [1.29, 1.82) is 0 Å². The van der Waals surface area contributed by atoms with Crippen molar-refractivity contribution in [3.63, 3.8) is 0 Å². The van der Waals surface area contributed by atoms with Gasteiger partial charge in [0.2, 0.25) is 0 Å². The third-order valence-corrected chi connectivity index (χ3v) is 4.69. The normalized spacial score (nSPS) is 15.3. The van der Waals surface area contributed by atoms with E-state index in [1.54, 1.807) is 0 Å². The van der Waals surface area contributed by atoms with Crippen LogP contribution in [0.15, 0.2) is 47.5 Å². The molecule has 1 saturated carbocycles. The Labute approximate surface area is 159 Å². The summed E-state index contributed by atoms with van der Waals surface area (Å²) in [5.41, 5.74) is 7.91. The molecule has 0 amide bonds. The number of anilines is 1. The maximum absolute atomic E-state index is 13.2. The second-order valence-electron chi connectivity index (χ2n) is 6.64. The van der Waals surface area contributed by atoms with E-state index in [4.69, 9.17) is 15.2 Å². The Morgan fingerprint density at radius 2 is 1.81 bits per heavy atom. The van der Waals surface area contributed by atoms with Gasteiger partial charge in [-0.05, 0) is 56.5 Å². The van der Waals surface area contributed by atoms with E-state index >= 15 is 0 Å². The van der Waals surface area contributed by atoms with Crippen molar-refractivity contribution in [2.24, 2.45) is 10.7 Å². The monoisotopic (exact) mass is 371 g/mol. The van der Waals surface area contributed by atoms with E-state index in [1.807, 2.05) is 44.2 Å². The first-order chi connectivity index (χ1) is 13.1. The van der Waals surface area contributed by atoms with E-state index in [2.05, 4.69) is 10.3 Å². The average Bonchev–Trinajstić information content (AvgIpc) is 3.44. The number of aliphatic imine (C=N–C) groups is 1. The number of guanidine groups is 1. The lowest BCUT2D eigenvalue weighted by Gasteiger charge is -2.16. The third-order valence-electron chi connectivity index (χ3n) is 4.69. The van der Waals surface area contributed by atoms with E-state index < -0.39 is 0 Å². The Hall–Kier alpha value is -2.76. The van der Waals surface area contributed by atoms with Crippen molar-refractivity contribution < 1.29 is 13.9 Å². The number of ether oxygens (including phenoxy) is 2. The van der Waals surface area contributed by atoms with E-state index in [9.17, 15) is 4.39 Å². The molecule has 1 fully saturated rings. The number of benzene rings is 2. The van der Waals surface area contributed by atoms with Gasteiger partial charge in [-0.15, -0.1) is 0 Å². The predicted octanol–water partition coefficient (Wildman–Crippen LogP) is 4.08. The van der Waals surface area contributed by atoms with Gasteiger partial charge in [0, 0.05) is 11.5 Å². The number of nitrogens with two attached hydrogens (primary N) is 1. The molecule has 0 atom stereocenters. The van der Waals surface area contributed by atoms with Gasteiger partial charge in [0.1, 0.15) is 17.3 Å². The van der Waals surface area contributed by atoms with Crippen LogP contribution in [0.5, 0.6) is 11.5 Å². The summed E-state index contributed by atoms with van der Waals surface area (Å²) in [5.74, 6) is 1.52. The molecule has 2 aromatic rings. The lowest BCUT2D eigenvalue weighted by atomic mass is 9.96. The van der Waals surface area contributed by atoms with Crippen molar-refractivity contribution in [2.45, 2.75) is 32.1 Å². The van der Waals surface area contributed by atoms with Gasteiger partial charge in [0.05, 0.1) is 25.4 Å². The topological polar surface area (TPSA) is 68.9 Å². The van der Waals surface area contributed by atoms with Crippen LogP contribution < -0.4 is 20.5 Å². The highest BCUT2D eigenvalue weighted by atomic mass is 19.1. The molecule has 0 aromatic heterocycles. The summed E-state index contributed by atoms with van der Waals surface area (Å²) in [4.78, 5) is 4.52. The summed E-state index contributed by atoms with van der Waals surface area (Å²) in [6.07, 6.45) is 2.05. The molecular formula is C21H26FN3O2. The van der Waals surface area contributed by atoms with Gasteiger partial charge in [0.25, 0.3) is 0 Å². The molecule has 0 unspecified atom stereocenters. The van der Waals surface area contributed by atoms with Crippen molar-refractivity contribution in [2.75, 3.05) is 25.1 Å². The van der Waals surface area contributed by atoms with E-state index in [0.29, 0.717) is 31.5 Å². The van der Waals surface area contributed by atoms with Gasteiger partial charge in [-0.3, -0.25) is 4.99 Å². The fraction of sp³-hybridized carbons (Fsp3) is 0.381.